The van der Waals surface area contributed by atoms with E-state index >= 15 is 0 Å². The zero-order valence-corrected chi connectivity index (χ0v) is 58.3. The third-order valence-corrected chi connectivity index (χ3v) is 11.5. The molecule has 1 aliphatic carbocycles. The molecule has 101 heavy (non-hydrogen) atoms. The highest BCUT2D eigenvalue weighted by atomic mass is 16.7. The van der Waals surface area contributed by atoms with Gasteiger partial charge in [-0.3, -0.25) is 9.59 Å². The molecule has 1 aliphatic rings. The van der Waals surface area contributed by atoms with E-state index in [1.807, 2.05) is 6.92 Å². The Labute approximate surface area is 583 Å². The fourth-order valence-corrected chi connectivity index (χ4v) is 6.51. The van der Waals surface area contributed by atoms with Gasteiger partial charge in [0.15, 0.2) is 0 Å². The van der Waals surface area contributed by atoms with Crippen molar-refractivity contribution >= 4 is 95.5 Å². The summed E-state index contributed by atoms with van der Waals surface area (Å²) in [6.07, 6.45) is 11.5. The molecule has 1 fully saturated rings. The average Bonchev–Trinajstić information content (AvgIpc) is 0.920. The third kappa shape index (κ3) is 47.9. The molecule has 554 valence electrons. The van der Waals surface area contributed by atoms with Crippen molar-refractivity contribution in [1.82, 2.24) is 0 Å². The van der Waals surface area contributed by atoms with Gasteiger partial charge >= 0.3 is 95.5 Å². The van der Waals surface area contributed by atoms with Crippen LogP contribution in [0.15, 0.2) is 134 Å². The molecule has 4 atom stereocenters. The molecule has 0 spiro atoms. The van der Waals surface area contributed by atoms with E-state index in [-0.39, 0.29) is 23.7 Å². The summed E-state index contributed by atoms with van der Waals surface area (Å²) in [6, 6.07) is 16.7. The Bertz CT molecular complexity index is 3140. The van der Waals surface area contributed by atoms with Gasteiger partial charge in [0, 0.05) is 106 Å². The summed E-state index contributed by atoms with van der Waals surface area (Å²) < 4.78 is 74.8. The molecule has 2 aromatic carbocycles. The van der Waals surface area contributed by atoms with E-state index in [1.54, 1.807) is 88.4 Å². The van der Waals surface area contributed by atoms with Crippen molar-refractivity contribution in [2.24, 2.45) is 17.8 Å². The van der Waals surface area contributed by atoms with E-state index in [9.17, 15) is 76.7 Å². The molecule has 0 heterocycles. The molecule has 0 aliphatic heterocycles. The van der Waals surface area contributed by atoms with Gasteiger partial charge in [0.25, 0.3) is 0 Å². The molecule has 32 nitrogen and oxygen atoms in total. The van der Waals surface area contributed by atoms with Crippen LogP contribution in [0.3, 0.4) is 0 Å². The van der Waals surface area contributed by atoms with E-state index in [2.05, 4.69) is 42.6 Å². The summed E-state index contributed by atoms with van der Waals surface area (Å²) >= 11 is 0. The lowest BCUT2D eigenvalue weighted by Crippen LogP contribution is -2.29. The number of ether oxygens (including phenoxy) is 16. The Kier molecular flexibility index (Phi) is 49.3. The summed E-state index contributed by atoms with van der Waals surface area (Å²) in [7, 11) is 7.07. The molecular weight excluding hydrogens is 1340 g/mol. The number of esters is 16. The molecule has 0 N–H and O–H groups in total. The van der Waals surface area contributed by atoms with E-state index in [1.165, 1.54) is 49.2 Å². The Balaban J connectivity index is 0. The van der Waals surface area contributed by atoms with Gasteiger partial charge in [-0.1, -0.05) is 90.3 Å². The quantitative estimate of drug-likeness (QED) is 0.0351. The van der Waals surface area contributed by atoms with Gasteiger partial charge < -0.3 is 75.8 Å². The minimum absolute atomic E-state index is 0.0996. The number of carbonyl (C=O) groups is 16. The largest absolute Gasteiger partial charge is 0.466 e. The van der Waals surface area contributed by atoms with Crippen LogP contribution in [0.4, 0.5) is 0 Å². The van der Waals surface area contributed by atoms with Gasteiger partial charge in [0.1, 0.15) is 0 Å². The standard InChI is InChI=1S/C16H18O6.C16H24O6.C14H14O6.C12H14O8.C11H16O6/c1-11(2)16(21-14(18)10-9-13(17)20-3)22-15(19)12-7-5-4-6-8-12;1-3-7-15(21-14(18)11-10-13(17)20-2)22-16(19)12-8-5-4-6-9-12;1-10(19-13(16)9-8-12(15)18-2)20-14(17)11-6-4-3-5-7-11;1-8(19-11(15)6-4-9(13)17-2)20-12(16)7-5-10(14)18-3;1-7(2)11(14)17-8(3)16-10(13)6-5-9(12)15-4/h4-11,16H,1-3H3;10-12,15H,3-9H2,1-2H3;3-10H,1-2H3;4-8H,1-3H3;5-8H,1-4H3/b10-9+;11-10+;9-8+;6-4+,7-5+;6-5+. The van der Waals surface area contributed by atoms with E-state index in [4.69, 9.17) is 33.2 Å². The summed E-state index contributed by atoms with van der Waals surface area (Å²) in [5.41, 5.74) is 0.704. The monoisotopic (exact) mass is 1430 g/mol. The second-order valence-electron chi connectivity index (χ2n) is 20.2. The summed E-state index contributed by atoms with van der Waals surface area (Å²) in [5.74, 6) is -11.7. The van der Waals surface area contributed by atoms with Crippen molar-refractivity contribution in [3.05, 3.63) is 145 Å². The molecule has 0 bridgehead atoms. The molecule has 32 heteroatoms. The van der Waals surface area contributed by atoms with Crippen LogP contribution in [-0.2, 0) is 143 Å². The second-order valence-corrected chi connectivity index (χ2v) is 20.2. The molecule has 1 saturated carbocycles. The summed E-state index contributed by atoms with van der Waals surface area (Å²) in [5, 5.41) is 0. The van der Waals surface area contributed by atoms with Crippen molar-refractivity contribution in [1.29, 1.82) is 0 Å². The summed E-state index contributed by atoms with van der Waals surface area (Å²) in [6.45, 7) is 12.8. The predicted octanol–water partition coefficient (Wildman–Crippen LogP) is 6.75. The zero-order valence-electron chi connectivity index (χ0n) is 58.3. The van der Waals surface area contributed by atoms with Crippen LogP contribution in [0, 0.1) is 17.8 Å². The zero-order chi connectivity index (χ0) is 76.8. The molecule has 0 saturated heterocycles. The highest BCUT2D eigenvalue weighted by Gasteiger charge is 2.27. The van der Waals surface area contributed by atoms with Gasteiger partial charge in [0.2, 0.25) is 31.5 Å². The van der Waals surface area contributed by atoms with E-state index < -0.39 is 121 Å². The fraction of sp³-hybridized carbons (Fsp3) is 0.420. The molecule has 2 aromatic rings. The number of hydrogen-bond acceptors (Lipinski definition) is 32. The van der Waals surface area contributed by atoms with E-state index in [0.29, 0.717) is 24.0 Å². The number of rotatable bonds is 29. The maximum absolute atomic E-state index is 12.1. The fourth-order valence-electron chi connectivity index (χ4n) is 6.51. The number of methoxy groups -OCH3 is 6. The Morgan fingerprint density at radius 3 is 0.941 bits per heavy atom. The molecule has 3 rings (SSSR count). The second kappa shape index (κ2) is 54.4. The van der Waals surface area contributed by atoms with E-state index in [0.717, 1.165) is 119 Å². The first-order chi connectivity index (χ1) is 47.8. The maximum atomic E-state index is 12.1. The van der Waals surface area contributed by atoms with Crippen molar-refractivity contribution in [2.45, 2.75) is 132 Å². The molecule has 0 amide bonds. The van der Waals surface area contributed by atoms with Crippen molar-refractivity contribution in [2.75, 3.05) is 42.7 Å². The maximum Gasteiger partial charge on any atom is 0.341 e. The highest BCUT2D eigenvalue weighted by molar-refractivity contribution is 5.95. The first kappa shape index (κ1) is 91.5. The van der Waals surface area contributed by atoms with Crippen LogP contribution >= 0.6 is 0 Å². The van der Waals surface area contributed by atoms with Crippen molar-refractivity contribution in [3.8, 4) is 0 Å². The van der Waals surface area contributed by atoms with Gasteiger partial charge in [-0.05, 0) is 43.5 Å². The molecular formula is C69H86O32. The Hall–Kier alpha value is -11.6. The van der Waals surface area contributed by atoms with Crippen LogP contribution in [0.5, 0.6) is 0 Å². The van der Waals surface area contributed by atoms with Crippen LogP contribution in [0.1, 0.15) is 121 Å². The smallest absolute Gasteiger partial charge is 0.341 e. The topological polar surface area (TPSA) is 421 Å². The molecule has 0 radical (unpaired) electrons. The third-order valence-electron chi connectivity index (χ3n) is 11.5. The molecule has 4 unspecified atom stereocenters. The predicted molar refractivity (Wildman–Crippen MR) is 347 cm³/mol. The molecule has 0 aromatic heterocycles. The first-order valence-corrected chi connectivity index (χ1v) is 30.5. The minimum atomic E-state index is -1.19. The highest BCUT2D eigenvalue weighted by Crippen LogP contribution is 2.26. The van der Waals surface area contributed by atoms with Gasteiger partial charge in [-0.2, -0.15) is 0 Å². The van der Waals surface area contributed by atoms with Gasteiger partial charge in [-0.15, -0.1) is 0 Å². The van der Waals surface area contributed by atoms with Crippen LogP contribution in [0.25, 0.3) is 0 Å². The SMILES string of the molecule is CCCC(OC(=O)/C=C/C(=O)OC)OC(=O)C1CCCCC1.COC(=O)/C=C/C(=O)OC(C)OC(=O)/C=C/C(=O)OC.COC(=O)/C=C/C(=O)OC(C)OC(=O)C(C)C.COC(=O)/C=C/C(=O)OC(C)OC(=O)c1ccccc1.COC(=O)/C=C/C(=O)OC(OC(=O)c1ccccc1)C(C)C. The van der Waals surface area contributed by atoms with Crippen molar-refractivity contribution < 1.29 is 153 Å². The normalized spacial score (nSPS) is 12.8. The number of hydrogen-bond donors (Lipinski definition) is 0. The number of carbonyl (C=O) groups excluding carboxylic acids is 16. The van der Waals surface area contributed by atoms with Gasteiger partial charge in [0.05, 0.1) is 65.6 Å². The Morgan fingerprint density at radius 2 is 0.634 bits per heavy atom. The van der Waals surface area contributed by atoms with Crippen LogP contribution in [0.2, 0.25) is 0 Å². The minimum Gasteiger partial charge on any atom is -0.466 e. The number of benzene rings is 2. The average molecular weight is 1430 g/mol. The lowest BCUT2D eigenvalue weighted by atomic mass is 9.89. The van der Waals surface area contributed by atoms with Gasteiger partial charge in [-0.25, -0.2) is 67.1 Å². The van der Waals surface area contributed by atoms with Crippen molar-refractivity contribution in [3.63, 3.8) is 0 Å². The first-order valence-electron chi connectivity index (χ1n) is 30.5. The lowest BCUT2D eigenvalue weighted by molar-refractivity contribution is -0.190. The summed E-state index contributed by atoms with van der Waals surface area (Å²) in [4.78, 5) is 179. The van der Waals surface area contributed by atoms with Crippen LogP contribution in [-0.4, -0.2) is 170 Å². The van der Waals surface area contributed by atoms with Crippen LogP contribution < -0.4 is 0 Å². The Morgan fingerprint density at radius 1 is 0.347 bits per heavy atom. The lowest BCUT2D eigenvalue weighted by Gasteiger charge is -2.23.